The molecule has 0 aliphatic carbocycles. The van der Waals surface area contributed by atoms with Crippen LogP contribution in [0.1, 0.15) is 17.0 Å². The molecule has 0 amide bonds. The minimum absolute atomic E-state index is 0.189. The van der Waals surface area contributed by atoms with E-state index in [1.165, 1.54) is 6.92 Å². The second-order valence-electron chi connectivity index (χ2n) is 3.42. The van der Waals surface area contributed by atoms with E-state index in [4.69, 9.17) is 10.8 Å². The monoisotopic (exact) mass is 229 g/mol. The summed E-state index contributed by atoms with van der Waals surface area (Å²) in [6, 6.07) is 1.16. The molecule has 0 saturated carbocycles. The van der Waals surface area contributed by atoms with Crippen LogP contribution in [0.5, 0.6) is 11.5 Å². The Morgan fingerprint density at radius 1 is 1.50 bits per heavy atom. The van der Waals surface area contributed by atoms with Crippen LogP contribution in [0.4, 0.5) is 4.39 Å². The standard InChI is InChI=1S/C10H12FNO4/c1-4-2-5(6(3-12)10(15)16)7(11)9(14)8(4)13/h2,6,13-14H,3,12H2,1H3,(H,15,16). The molecule has 5 nitrogen and oxygen atoms in total. The van der Waals surface area contributed by atoms with E-state index in [1.54, 1.807) is 0 Å². The van der Waals surface area contributed by atoms with E-state index >= 15 is 0 Å². The number of hydrogen-bond donors (Lipinski definition) is 4. The van der Waals surface area contributed by atoms with Crippen LogP contribution in [0.15, 0.2) is 6.07 Å². The summed E-state index contributed by atoms with van der Waals surface area (Å²) in [6.07, 6.45) is 0. The van der Waals surface area contributed by atoms with Crippen molar-refractivity contribution in [1.29, 1.82) is 0 Å². The van der Waals surface area contributed by atoms with Gasteiger partial charge in [-0.25, -0.2) is 4.39 Å². The summed E-state index contributed by atoms with van der Waals surface area (Å²) >= 11 is 0. The fourth-order valence-corrected chi connectivity index (χ4v) is 1.41. The van der Waals surface area contributed by atoms with Gasteiger partial charge in [-0.1, -0.05) is 0 Å². The zero-order valence-corrected chi connectivity index (χ0v) is 8.57. The third-order valence-electron chi connectivity index (χ3n) is 2.34. The van der Waals surface area contributed by atoms with Crippen LogP contribution >= 0.6 is 0 Å². The lowest BCUT2D eigenvalue weighted by molar-refractivity contribution is -0.138. The Morgan fingerprint density at radius 2 is 2.06 bits per heavy atom. The Hall–Kier alpha value is -1.82. The smallest absolute Gasteiger partial charge is 0.312 e. The molecule has 1 unspecified atom stereocenters. The highest BCUT2D eigenvalue weighted by Crippen LogP contribution is 2.36. The summed E-state index contributed by atoms with van der Waals surface area (Å²) in [5, 5.41) is 27.3. The minimum Gasteiger partial charge on any atom is -0.504 e. The normalized spacial score (nSPS) is 12.4. The second-order valence-corrected chi connectivity index (χ2v) is 3.42. The molecule has 0 radical (unpaired) electrons. The summed E-state index contributed by atoms with van der Waals surface area (Å²) in [7, 11) is 0. The number of nitrogens with two attached hydrogens (primary N) is 1. The highest BCUT2D eigenvalue weighted by atomic mass is 19.1. The number of aliphatic carboxylic acids is 1. The fraction of sp³-hybridized carbons (Fsp3) is 0.300. The first-order valence-corrected chi connectivity index (χ1v) is 4.54. The molecule has 0 saturated heterocycles. The Balaban J connectivity index is 3.39. The molecule has 1 aromatic carbocycles. The van der Waals surface area contributed by atoms with E-state index in [0.29, 0.717) is 0 Å². The van der Waals surface area contributed by atoms with Crippen molar-refractivity contribution < 1.29 is 24.5 Å². The largest absolute Gasteiger partial charge is 0.504 e. The number of benzene rings is 1. The first kappa shape index (κ1) is 12.3. The van der Waals surface area contributed by atoms with Crippen LogP contribution in [-0.2, 0) is 4.79 Å². The Bertz CT molecular complexity index is 433. The maximum atomic E-state index is 13.5. The molecule has 0 spiro atoms. The van der Waals surface area contributed by atoms with Gasteiger partial charge in [0.15, 0.2) is 17.3 Å². The molecule has 1 atom stereocenters. The highest BCUT2D eigenvalue weighted by molar-refractivity contribution is 5.77. The van der Waals surface area contributed by atoms with Crippen LogP contribution in [-0.4, -0.2) is 27.8 Å². The van der Waals surface area contributed by atoms with Gasteiger partial charge in [0.1, 0.15) is 0 Å². The molecule has 5 N–H and O–H groups in total. The quantitative estimate of drug-likeness (QED) is 0.570. The van der Waals surface area contributed by atoms with Crippen molar-refractivity contribution in [2.75, 3.05) is 6.54 Å². The fourth-order valence-electron chi connectivity index (χ4n) is 1.41. The van der Waals surface area contributed by atoms with Crippen LogP contribution < -0.4 is 5.73 Å². The highest BCUT2D eigenvalue weighted by Gasteiger charge is 2.25. The van der Waals surface area contributed by atoms with E-state index in [2.05, 4.69) is 0 Å². The number of carbonyl (C=O) groups is 1. The van der Waals surface area contributed by atoms with E-state index in [0.717, 1.165) is 6.07 Å². The van der Waals surface area contributed by atoms with Crippen LogP contribution in [0.25, 0.3) is 0 Å². The molecular weight excluding hydrogens is 217 g/mol. The molecule has 0 bridgehead atoms. The molecule has 0 aliphatic heterocycles. The van der Waals surface area contributed by atoms with Crippen molar-refractivity contribution in [1.82, 2.24) is 0 Å². The van der Waals surface area contributed by atoms with E-state index < -0.39 is 29.2 Å². The van der Waals surface area contributed by atoms with Crippen LogP contribution in [0.2, 0.25) is 0 Å². The van der Waals surface area contributed by atoms with Crippen molar-refractivity contribution >= 4 is 5.97 Å². The maximum Gasteiger partial charge on any atom is 0.312 e. The molecule has 0 heterocycles. The number of halogens is 1. The van der Waals surface area contributed by atoms with E-state index in [-0.39, 0.29) is 17.7 Å². The van der Waals surface area contributed by atoms with Gasteiger partial charge in [-0.15, -0.1) is 0 Å². The Morgan fingerprint density at radius 3 is 2.50 bits per heavy atom. The molecule has 0 fully saturated rings. The molecule has 6 heteroatoms. The zero-order valence-electron chi connectivity index (χ0n) is 8.57. The molecule has 16 heavy (non-hydrogen) atoms. The van der Waals surface area contributed by atoms with Crippen molar-refractivity contribution in [3.63, 3.8) is 0 Å². The van der Waals surface area contributed by atoms with Gasteiger partial charge in [0.25, 0.3) is 0 Å². The molecule has 0 aliphatic rings. The van der Waals surface area contributed by atoms with Crippen molar-refractivity contribution in [3.8, 4) is 11.5 Å². The Kier molecular flexibility index (Phi) is 3.34. The number of rotatable bonds is 3. The van der Waals surface area contributed by atoms with Gasteiger partial charge in [0.05, 0.1) is 5.92 Å². The lowest BCUT2D eigenvalue weighted by Gasteiger charge is -2.14. The average molecular weight is 229 g/mol. The number of carboxylic acids is 1. The lowest BCUT2D eigenvalue weighted by Crippen LogP contribution is -2.22. The van der Waals surface area contributed by atoms with E-state index in [1.807, 2.05) is 0 Å². The molecule has 1 rings (SSSR count). The number of carboxylic acid groups (broad SMARTS) is 1. The van der Waals surface area contributed by atoms with Crippen molar-refractivity contribution in [3.05, 3.63) is 23.0 Å². The van der Waals surface area contributed by atoms with Gasteiger partial charge in [0.2, 0.25) is 0 Å². The number of phenolic OH excluding ortho intramolecular Hbond substituents is 2. The topological polar surface area (TPSA) is 104 Å². The number of aryl methyl sites for hydroxylation is 1. The van der Waals surface area contributed by atoms with Crippen molar-refractivity contribution in [2.24, 2.45) is 5.73 Å². The van der Waals surface area contributed by atoms with Crippen LogP contribution in [0.3, 0.4) is 0 Å². The van der Waals surface area contributed by atoms with Gasteiger partial charge in [-0.3, -0.25) is 4.79 Å². The summed E-state index contributed by atoms with van der Waals surface area (Å²) < 4.78 is 13.5. The average Bonchev–Trinajstić information content (AvgIpc) is 2.23. The molecular formula is C10H12FNO4. The first-order valence-electron chi connectivity index (χ1n) is 4.54. The van der Waals surface area contributed by atoms with Crippen LogP contribution in [0, 0.1) is 12.7 Å². The summed E-state index contributed by atoms with van der Waals surface area (Å²) in [5.41, 5.74) is 5.18. The maximum absolute atomic E-state index is 13.5. The van der Waals surface area contributed by atoms with Gasteiger partial charge in [-0.05, 0) is 18.6 Å². The van der Waals surface area contributed by atoms with E-state index in [9.17, 15) is 19.4 Å². The summed E-state index contributed by atoms with van der Waals surface area (Å²) in [5.74, 6) is -5.23. The third-order valence-corrected chi connectivity index (χ3v) is 2.34. The predicted octanol–water partition coefficient (Wildman–Crippen LogP) is 0.672. The predicted molar refractivity (Wildman–Crippen MR) is 53.9 cm³/mol. The third kappa shape index (κ3) is 1.92. The lowest BCUT2D eigenvalue weighted by atomic mass is 9.96. The first-order chi connectivity index (χ1) is 7.40. The van der Waals surface area contributed by atoms with Gasteiger partial charge in [0, 0.05) is 12.1 Å². The second kappa shape index (κ2) is 4.36. The number of hydrogen-bond acceptors (Lipinski definition) is 4. The summed E-state index contributed by atoms with van der Waals surface area (Å²) in [6.45, 7) is 1.13. The molecule has 0 aromatic heterocycles. The van der Waals surface area contributed by atoms with Gasteiger partial charge in [-0.2, -0.15) is 0 Å². The summed E-state index contributed by atoms with van der Waals surface area (Å²) in [4.78, 5) is 10.8. The van der Waals surface area contributed by atoms with Crippen molar-refractivity contribution in [2.45, 2.75) is 12.8 Å². The minimum atomic E-state index is -1.29. The molecule has 88 valence electrons. The number of aromatic hydroxyl groups is 2. The van der Waals surface area contributed by atoms with Gasteiger partial charge >= 0.3 is 5.97 Å². The number of phenols is 2. The zero-order chi connectivity index (χ0) is 12.5. The molecule has 1 aromatic rings. The SMILES string of the molecule is Cc1cc(C(CN)C(=O)O)c(F)c(O)c1O. The van der Waals surface area contributed by atoms with Gasteiger partial charge < -0.3 is 21.1 Å². The Labute approximate surface area is 90.9 Å².